The summed E-state index contributed by atoms with van der Waals surface area (Å²) in [6, 6.07) is 14.7. The molecule has 2 fully saturated rings. The molecule has 0 spiro atoms. The maximum Gasteiger partial charge on any atom is 0.339 e. The lowest BCUT2D eigenvalue weighted by molar-refractivity contribution is -0.163. The zero-order chi connectivity index (χ0) is 32.6. The summed E-state index contributed by atoms with van der Waals surface area (Å²) in [6.07, 6.45) is 8.98. The van der Waals surface area contributed by atoms with Crippen molar-refractivity contribution in [2.45, 2.75) is 78.9 Å². The van der Waals surface area contributed by atoms with Crippen molar-refractivity contribution in [3.8, 4) is 0 Å². The Kier molecular flexibility index (Phi) is 8.66. The third kappa shape index (κ3) is 6.82. The number of amides is 2. The number of hydrogen-bond donors (Lipinski definition) is 2. The van der Waals surface area contributed by atoms with Gasteiger partial charge in [0.1, 0.15) is 6.04 Å². The Labute approximate surface area is 265 Å². The molecule has 1 saturated carbocycles. The number of benzene rings is 2. The Morgan fingerprint density at radius 3 is 2.42 bits per heavy atom. The summed E-state index contributed by atoms with van der Waals surface area (Å²) < 4.78 is 11.5. The van der Waals surface area contributed by atoms with E-state index in [-0.39, 0.29) is 17.9 Å². The van der Waals surface area contributed by atoms with Gasteiger partial charge in [0.05, 0.1) is 11.5 Å². The van der Waals surface area contributed by atoms with Crippen molar-refractivity contribution in [3.63, 3.8) is 0 Å². The molecule has 2 aromatic rings. The Balaban J connectivity index is 1.39. The number of carbonyl (C=O) groups is 3. The molecule has 45 heavy (non-hydrogen) atoms. The van der Waals surface area contributed by atoms with Crippen LogP contribution in [0.3, 0.4) is 0 Å². The molecule has 2 N–H and O–H groups in total. The van der Waals surface area contributed by atoms with Crippen molar-refractivity contribution >= 4 is 29.4 Å². The minimum absolute atomic E-state index is 0.257. The van der Waals surface area contributed by atoms with Crippen molar-refractivity contribution in [1.29, 1.82) is 0 Å². The first-order chi connectivity index (χ1) is 21.2. The largest absolute Gasteiger partial charge is 0.432 e. The smallest absolute Gasteiger partial charge is 0.339 e. The lowest BCUT2D eigenvalue weighted by Crippen LogP contribution is -2.57. The number of esters is 1. The fourth-order valence-electron chi connectivity index (χ4n) is 6.09. The molecular weight excluding hydrogens is 564 g/mol. The highest BCUT2D eigenvalue weighted by Crippen LogP contribution is 2.59. The van der Waals surface area contributed by atoms with E-state index in [2.05, 4.69) is 28.2 Å². The monoisotopic (exact) mass is 606 g/mol. The van der Waals surface area contributed by atoms with E-state index in [1.54, 1.807) is 13.8 Å². The van der Waals surface area contributed by atoms with Gasteiger partial charge in [0.2, 0.25) is 17.6 Å². The van der Waals surface area contributed by atoms with Crippen LogP contribution in [-0.4, -0.2) is 35.7 Å². The van der Waals surface area contributed by atoms with Crippen molar-refractivity contribution in [2.24, 2.45) is 16.7 Å². The molecule has 1 saturated heterocycles. The topological polar surface area (TPSA) is 93.7 Å². The summed E-state index contributed by atoms with van der Waals surface area (Å²) in [5.74, 6) is -2.73. The van der Waals surface area contributed by atoms with Gasteiger partial charge in [-0.05, 0) is 66.0 Å². The normalized spacial score (nSPS) is 24.6. The van der Waals surface area contributed by atoms with Crippen LogP contribution in [0, 0.1) is 23.7 Å². The molecule has 234 valence electrons. The first kappa shape index (κ1) is 32.0. The van der Waals surface area contributed by atoms with Gasteiger partial charge in [-0.15, -0.1) is 0 Å². The maximum atomic E-state index is 14.2. The van der Waals surface area contributed by atoms with E-state index < -0.39 is 40.6 Å². The summed E-state index contributed by atoms with van der Waals surface area (Å²) >= 11 is 0. The predicted molar refractivity (Wildman–Crippen MR) is 174 cm³/mol. The van der Waals surface area contributed by atoms with Crippen LogP contribution in [0.5, 0.6) is 0 Å². The molecule has 0 bridgehead atoms. The minimum Gasteiger partial charge on any atom is -0.432 e. The first-order valence-corrected chi connectivity index (χ1v) is 15.5. The molecule has 0 radical (unpaired) electrons. The average Bonchev–Trinajstić information content (AvgIpc) is 3.65. The van der Waals surface area contributed by atoms with Gasteiger partial charge in [-0.25, -0.2) is 4.79 Å². The van der Waals surface area contributed by atoms with Gasteiger partial charge in [-0.3, -0.25) is 9.59 Å². The molecule has 2 amide bonds. The van der Waals surface area contributed by atoms with E-state index in [0.29, 0.717) is 6.42 Å². The van der Waals surface area contributed by atoms with Gasteiger partial charge >= 0.3 is 5.97 Å². The van der Waals surface area contributed by atoms with Crippen LogP contribution in [0.4, 0.5) is 0 Å². The third-order valence-electron chi connectivity index (χ3n) is 8.68. The van der Waals surface area contributed by atoms with Gasteiger partial charge in [-0.1, -0.05) is 99.0 Å². The van der Waals surface area contributed by atoms with E-state index in [9.17, 15) is 14.4 Å². The van der Waals surface area contributed by atoms with Crippen LogP contribution < -0.4 is 10.6 Å². The van der Waals surface area contributed by atoms with Crippen molar-refractivity contribution in [1.82, 2.24) is 10.6 Å². The Morgan fingerprint density at radius 2 is 1.82 bits per heavy atom. The van der Waals surface area contributed by atoms with Crippen LogP contribution in [0.2, 0.25) is 0 Å². The number of nitrogens with one attached hydrogen (secondary N) is 2. The van der Waals surface area contributed by atoms with Gasteiger partial charge in [-0.2, -0.15) is 0 Å². The van der Waals surface area contributed by atoms with Gasteiger partial charge in [0.15, 0.2) is 6.10 Å². The number of hydrogen-bond acceptors (Lipinski definition) is 5. The van der Waals surface area contributed by atoms with E-state index in [4.69, 9.17) is 9.47 Å². The van der Waals surface area contributed by atoms with Crippen LogP contribution in [0.25, 0.3) is 11.6 Å². The summed E-state index contributed by atoms with van der Waals surface area (Å²) in [6.45, 7) is 13.0. The molecule has 1 aliphatic heterocycles. The van der Waals surface area contributed by atoms with Gasteiger partial charge in [0.25, 0.3) is 0 Å². The van der Waals surface area contributed by atoms with E-state index in [1.165, 1.54) is 0 Å². The predicted octanol–water partition coefficient (Wildman–Crippen LogP) is 6.36. The minimum atomic E-state index is -1.21. The Morgan fingerprint density at radius 1 is 1.09 bits per heavy atom. The molecule has 5 atom stereocenters. The summed E-state index contributed by atoms with van der Waals surface area (Å²) in [7, 11) is 0. The highest BCUT2D eigenvalue weighted by molar-refractivity contribution is 5.97. The highest BCUT2D eigenvalue weighted by Gasteiger charge is 2.70. The van der Waals surface area contributed by atoms with E-state index >= 15 is 0 Å². The Bertz CT molecular complexity index is 1670. The quantitative estimate of drug-likeness (QED) is 0.256. The summed E-state index contributed by atoms with van der Waals surface area (Å²) in [4.78, 5) is 41.0. The van der Waals surface area contributed by atoms with Crippen molar-refractivity contribution in [2.75, 3.05) is 0 Å². The summed E-state index contributed by atoms with van der Waals surface area (Å²) in [5.41, 5.74) is 9.38. The second kappa shape index (κ2) is 12.2. The zero-order valence-electron chi connectivity index (χ0n) is 27.1. The van der Waals surface area contributed by atoms with E-state index in [0.717, 1.165) is 27.8 Å². The Hall–Kier alpha value is -4.41. The molecule has 2 aromatic carbocycles. The van der Waals surface area contributed by atoms with Crippen LogP contribution >= 0.6 is 0 Å². The molecule has 1 heterocycles. The van der Waals surface area contributed by atoms with Crippen LogP contribution in [-0.2, 0) is 23.9 Å². The van der Waals surface area contributed by atoms with Crippen LogP contribution in [0.15, 0.2) is 84.3 Å². The number of ether oxygens (including phenoxy) is 2. The fraction of sp³-hybridized carbons (Fsp3) is 0.395. The lowest BCUT2D eigenvalue weighted by atomic mass is 9.84. The molecule has 2 unspecified atom stereocenters. The maximum absolute atomic E-state index is 14.2. The molecule has 0 aromatic heterocycles. The lowest BCUT2D eigenvalue weighted by Gasteiger charge is -2.33. The SMILES string of the molecule is Cc1cc(/C=C/C2CC2(C(=O)N[C@H](C(=O)N[C@H](C)c2ccccc2)C(C)(C)C)[C@@H]2OC(C)(C)OC2=O)ccc1C1=C=C=CC=C1. The second-order valence-corrected chi connectivity index (χ2v) is 13.7. The number of rotatable bonds is 9. The fourth-order valence-corrected chi connectivity index (χ4v) is 6.09. The first-order valence-electron chi connectivity index (χ1n) is 15.5. The number of aryl methyl sites for hydroxylation is 1. The standard InChI is InChI=1S/C38H42N2O5/c1-24-22-26(19-21-30(24)28-16-12-9-13-17-28)18-20-29-23-38(29,32-34(42)45-37(6,7)44-32)35(43)40-31(36(3,4)5)33(41)39-25(2)27-14-10-8-11-15-27/h8-12,14-16,18-22,25,29,31-32H,23H2,1-7H3,(H,39,41)(H,40,43)/b20-18+/t25-,29?,31-,32-,38?/m1/s1. The molecule has 7 nitrogen and oxygen atoms in total. The molecule has 3 aliphatic rings. The van der Waals surface area contributed by atoms with Gasteiger partial charge < -0.3 is 20.1 Å². The molecule has 5 rings (SSSR count). The third-order valence-corrected chi connectivity index (χ3v) is 8.68. The molecule has 7 heteroatoms. The zero-order valence-corrected chi connectivity index (χ0v) is 27.1. The average molecular weight is 607 g/mol. The molecule has 2 aliphatic carbocycles. The highest BCUT2D eigenvalue weighted by atomic mass is 16.8. The molecular formula is C38H42N2O5. The van der Waals surface area contributed by atoms with Crippen molar-refractivity contribution in [3.05, 3.63) is 107 Å². The number of cyclic esters (lactones) is 1. The van der Waals surface area contributed by atoms with E-state index in [1.807, 2.05) is 107 Å². The van der Waals surface area contributed by atoms with Crippen LogP contribution in [0.1, 0.15) is 76.3 Å². The van der Waals surface area contributed by atoms with Gasteiger partial charge in [0, 0.05) is 19.4 Å². The number of carbonyl (C=O) groups excluding carboxylic acids is 3. The number of allylic oxidation sites excluding steroid dienone is 5. The second-order valence-electron chi connectivity index (χ2n) is 13.7. The summed E-state index contributed by atoms with van der Waals surface area (Å²) in [5, 5.41) is 6.08. The van der Waals surface area contributed by atoms with Crippen molar-refractivity contribution < 1.29 is 23.9 Å².